The third-order valence-electron chi connectivity index (χ3n) is 2.63. The molecule has 2 amide bonds. The zero-order chi connectivity index (χ0) is 11.8. The highest BCUT2D eigenvalue weighted by Crippen LogP contribution is 2.18. The third-order valence-corrected chi connectivity index (χ3v) is 2.63. The smallest absolute Gasteiger partial charge is 0.329 e. The van der Waals surface area contributed by atoms with Crippen LogP contribution in [0.5, 0.6) is 0 Å². The van der Waals surface area contributed by atoms with Crippen LogP contribution in [0.1, 0.15) is 13.8 Å². The van der Waals surface area contributed by atoms with Crippen molar-refractivity contribution >= 4 is 17.8 Å². The first-order chi connectivity index (χ1) is 6.78. The van der Waals surface area contributed by atoms with E-state index in [4.69, 9.17) is 5.11 Å². The van der Waals surface area contributed by atoms with E-state index >= 15 is 0 Å². The summed E-state index contributed by atoms with van der Waals surface area (Å²) in [5.74, 6) is -2.53. The lowest BCUT2D eigenvalue weighted by atomic mass is 10.0. The monoisotopic (exact) mass is 214 g/mol. The van der Waals surface area contributed by atoms with Crippen LogP contribution in [0.3, 0.4) is 0 Å². The van der Waals surface area contributed by atoms with Gasteiger partial charge in [-0.3, -0.25) is 9.59 Å². The molecule has 0 bridgehead atoms. The van der Waals surface area contributed by atoms with Gasteiger partial charge in [0.2, 0.25) is 0 Å². The fourth-order valence-electron chi connectivity index (χ4n) is 1.38. The molecule has 1 N–H and O–H groups in total. The van der Waals surface area contributed by atoms with E-state index in [1.165, 1.54) is 25.8 Å². The van der Waals surface area contributed by atoms with E-state index < -0.39 is 23.3 Å². The maximum atomic E-state index is 11.6. The highest BCUT2D eigenvalue weighted by molar-refractivity contribution is 6.35. The maximum Gasteiger partial charge on any atom is 0.329 e. The Kier molecular flexibility index (Phi) is 2.70. The van der Waals surface area contributed by atoms with Gasteiger partial charge < -0.3 is 14.9 Å². The van der Waals surface area contributed by atoms with Gasteiger partial charge in [-0.25, -0.2) is 4.79 Å². The van der Waals surface area contributed by atoms with E-state index in [0.717, 1.165) is 4.90 Å². The first kappa shape index (κ1) is 11.5. The summed E-state index contributed by atoms with van der Waals surface area (Å²) in [6.07, 6.45) is 0. The molecule has 0 aromatic heterocycles. The number of carbonyl (C=O) groups excluding carboxylic acids is 2. The number of hydrogen-bond donors (Lipinski definition) is 1. The van der Waals surface area contributed by atoms with Gasteiger partial charge in [-0.15, -0.1) is 0 Å². The predicted octanol–water partition coefficient (Wildman–Crippen LogP) is -0.850. The Morgan fingerprint density at radius 3 is 2.27 bits per heavy atom. The van der Waals surface area contributed by atoms with Gasteiger partial charge in [0.1, 0.15) is 5.54 Å². The highest BCUT2D eigenvalue weighted by atomic mass is 16.4. The fourth-order valence-corrected chi connectivity index (χ4v) is 1.38. The van der Waals surface area contributed by atoms with Crippen molar-refractivity contribution in [3.05, 3.63) is 0 Å². The minimum atomic E-state index is -1.34. The Balaban J connectivity index is 2.94. The molecular weight excluding hydrogens is 200 g/mol. The van der Waals surface area contributed by atoms with Crippen LogP contribution >= 0.6 is 0 Å². The molecule has 84 valence electrons. The molecule has 1 rings (SSSR count). The summed E-state index contributed by atoms with van der Waals surface area (Å²) in [6, 6.07) is 0. The van der Waals surface area contributed by atoms with Crippen molar-refractivity contribution in [3.63, 3.8) is 0 Å². The summed E-state index contributed by atoms with van der Waals surface area (Å²) >= 11 is 0. The van der Waals surface area contributed by atoms with Gasteiger partial charge in [0.15, 0.2) is 0 Å². The molecule has 6 nitrogen and oxygen atoms in total. The quantitative estimate of drug-likeness (QED) is 0.607. The Bertz CT molecular complexity index is 324. The Labute approximate surface area is 87.5 Å². The SMILES string of the molecule is CN1CCN(C(C)(C)C(=O)O)C(=O)C1=O. The van der Waals surface area contributed by atoms with E-state index in [0.29, 0.717) is 6.54 Å². The van der Waals surface area contributed by atoms with Crippen LogP contribution in [0, 0.1) is 0 Å². The number of aliphatic carboxylic acids is 1. The molecule has 0 aliphatic carbocycles. The van der Waals surface area contributed by atoms with Gasteiger partial charge >= 0.3 is 17.8 Å². The van der Waals surface area contributed by atoms with Gasteiger partial charge in [0, 0.05) is 20.1 Å². The van der Waals surface area contributed by atoms with E-state index in [9.17, 15) is 14.4 Å². The molecule has 0 spiro atoms. The summed E-state index contributed by atoms with van der Waals surface area (Å²) < 4.78 is 0. The molecule has 15 heavy (non-hydrogen) atoms. The number of nitrogens with zero attached hydrogens (tertiary/aromatic N) is 2. The molecule has 1 aliphatic rings. The summed E-state index contributed by atoms with van der Waals surface area (Å²) in [5.41, 5.74) is -1.34. The lowest BCUT2D eigenvalue weighted by molar-refractivity contribution is -0.166. The Morgan fingerprint density at radius 2 is 1.80 bits per heavy atom. The largest absolute Gasteiger partial charge is 0.480 e. The molecule has 1 aliphatic heterocycles. The zero-order valence-corrected chi connectivity index (χ0v) is 8.98. The number of carbonyl (C=O) groups is 3. The van der Waals surface area contributed by atoms with Crippen molar-refractivity contribution in [3.8, 4) is 0 Å². The molecule has 0 atom stereocenters. The molecule has 0 radical (unpaired) electrons. The zero-order valence-electron chi connectivity index (χ0n) is 8.98. The Morgan fingerprint density at radius 1 is 1.27 bits per heavy atom. The second kappa shape index (κ2) is 3.52. The van der Waals surface area contributed by atoms with Crippen LogP contribution in [0.25, 0.3) is 0 Å². The summed E-state index contributed by atoms with van der Waals surface area (Å²) in [4.78, 5) is 36.2. The van der Waals surface area contributed by atoms with E-state index in [1.807, 2.05) is 0 Å². The maximum absolute atomic E-state index is 11.6. The van der Waals surface area contributed by atoms with Crippen LogP contribution in [0.4, 0.5) is 0 Å². The molecule has 0 saturated carbocycles. The van der Waals surface area contributed by atoms with Crippen LogP contribution < -0.4 is 0 Å². The first-order valence-corrected chi connectivity index (χ1v) is 4.59. The van der Waals surface area contributed by atoms with Gasteiger partial charge in [-0.1, -0.05) is 0 Å². The van der Waals surface area contributed by atoms with E-state index in [2.05, 4.69) is 0 Å². The minimum absolute atomic E-state index is 0.250. The van der Waals surface area contributed by atoms with Crippen molar-refractivity contribution in [1.29, 1.82) is 0 Å². The summed E-state index contributed by atoms with van der Waals surface area (Å²) in [7, 11) is 1.52. The number of hydrogen-bond acceptors (Lipinski definition) is 3. The molecule has 1 fully saturated rings. The first-order valence-electron chi connectivity index (χ1n) is 4.59. The topological polar surface area (TPSA) is 77.9 Å². The van der Waals surface area contributed by atoms with Gasteiger partial charge in [0.25, 0.3) is 0 Å². The van der Waals surface area contributed by atoms with Crippen molar-refractivity contribution in [2.75, 3.05) is 20.1 Å². The molecule has 6 heteroatoms. The van der Waals surface area contributed by atoms with Crippen molar-refractivity contribution in [1.82, 2.24) is 9.80 Å². The Hall–Kier alpha value is -1.59. The third kappa shape index (κ3) is 1.79. The number of amides is 2. The number of rotatable bonds is 2. The number of likely N-dealkylation sites (N-methyl/N-ethyl adjacent to an activating group) is 1. The number of piperazine rings is 1. The molecular formula is C9H14N2O4. The average Bonchev–Trinajstić information content (AvgIpc) is 2.13. The number of carboxylic acids is 1. The average molecular weight is 214 g/mol. The van der Waals surface area contributed by atoms with E-state index in [1.54, 1.807) is 0 Å². The normalized spacial score (nSPS) is 18.3. The van der Waals surface area contributed by atoms with Crippen LogP contribution in [-0.2, 0) is 14.4 Å². The molecule has 0 unspecified atom stereocenters. The van der Waals surface area contributed by atoms with Crippen molar-refractivity contribution in [2.24, 2.45) is 0 Å². The second-order valence-corrected chi connectivity index (χ2v) is 4.05. The standard InChI is InChI=1S/C9H14N2O4/c1-9(2,8(14)15)11-5-4-10(3)6(12)7(11)13/h4-5H2,1-3H3,(H,14,15). The van der Waals surface area contributed by atoms with Gasteiger partial charge in [0.05, 0.1) is 0 Å². The number of carboxylic acid groups (broad SMARTS) is 1. The van der Waals surface area contributed by atoms with Crippen LogP contribution in [-0.4, -0.2) is 58.4 Å². The van der Waals surface area contributed by atoms with Crippen LogP contribution in [0.2, 0.25) is 0 Å². The molecule has 0 aromatic rings. The molecule has 1 heterocycles. The van der Waals surface area contributed by atoms with Crippen LogP contribution in [0.15, 0.2) is 0 Å². The van der Waals surface area contributed by atoms with Gasteiger partial charge in [-0.05, 0) is 13.8 Å². The summed E-state index contributed by atoms with van der Waals surface area (Å²) in [6.45, 7) is 3.43. The lowest BCUT2D eigenvalue weighted by Crippen LogP contribution is -2.62. The van der Waals surface area contributed by atoms with Gasteiger partial charge in [-0.2, -0.15) is 0 Å². The molecule has 1 saturated heterocycles. The van der Waals surface area contributed by atoms with Crippen molar-refractivity contribution < 1.29 is 19.5 Å². The lowest BCUT2D eigenvalue weighted by Gasteiger charge is -2.39. The second-order valence-electron chi connectivity index (χ2n) is 4.05. The highest BCUT2D eigenvalue weighted by Gasteiger charge is 2.43. The molecule has 0 aromatic carbocycles. The minimum Gasteiger partial charge on any atom is -0.480 e. The summed E-state index contributed by atoms with van der Waals surface area (Å²) in [5, 5.41) is 8.94. The fraction of sp³-hybridized carbons (Fsp3) is 0.667. The van der Waals surface area contributed by atoms with Crippen molar-refractivity contribution in [2.45, 2.75) is 19.4 Å². The van der Waals surface area contributed by atoms with E-state index in [-0.39, 0.29) is 6.54 Å². The predicted molar refractivity (Wildman–Crippen MR) is 51.1 cm³/mol.